The summed E-state index contributed by atoms with van der Waals surface area (Å²) in [5, 5.41) is 8.92. The van der Waals surface area contributed by atoms with Crippen molar-refractivity contribution in [1.82, 2.24) is 4.98 Å². The van der Waals surface area contributed by atoms with E-state index in [1.807, 2.05) is 0 Å². The van der Waals surface area contributed by atoms with Crippen molar-refractivity contribution in [3.63, 3.8) is 0 Å². The Morgan fingerprint density at radius 1 is 1.45 bits per heavy atom. The maximum atomic E-state index is 10.8. The Hall–Kier alpha value is -0.510. The molecule has 1 rings (SSSR count). The lowest BCUT2D eigenvalue weighted by Crippen LogP contribution is -2.09. The molecule has 0 saturated carbocycles. The smallest absolute Gasteiger partial charge is 0.267 e. The van der Waals surface area contributed by atoms with Crippen LogP contribution >= 0.6 is 23.2 Å². The van der Waals surface area contributed by atoms with Gasteiger partial charge in [0, 0.05) is 0 Å². The van der Waals surface area contributed by atoms with Crippen LogP contribution in [0.25, 0.3) is 0 Å². The van der Waals surface area contributed by atoms with Crippen molar-refractivity contribution in [3.05, 3.63) is 32.2 Å². The zero-order chi connectivity index (χ0) is 8.43. The second-order valence-electron chi connectivity index (χ2n) is 1.93. The topological polar surface area (TPSA) is 53.1 Å². The van der Waals surface area contributed by atoms with E-state index >= 15 is 0 Å². The average molecular weight is 194 g/mol. The normalized spacial score (nSPS) is 10.1. The fraction of sp³-hybridized carbons (Fsp3) is 0.167. The number of aromatic amines is 1. The van der Waals surface area contributed by atoms with Crippen LogP contribution in [0.15, 0.2) is 10.9 Å². The van der Waals surface area contributed by atoms with Gasteiger partial charge in [-0.15, -0.1) is 0 Å². The molecule has 1 aromatic rings. The lowest BCUT2D eigenvalue weighted by atomic mass is 10.4. The number of halogens is 2. The number of aromatic nitrogens is 1. The van der Waals surface area contributed by atoms with Gasteiger partial charge < -0.3 is 10.1 Å². The summed E-state index contributed by atoms with van der Waals surface area (Å²) in [6, 6.07) is 1.30. The van der Waals surface area contributed by atoms with Crippen LogP contribution in [0.4, 0.5) is 0 Å². The first-order valence-electron chi connectivity index (χ1n) is 2.83. The predicted octanol–water partition coefficient (Wildman–Crippen LogP) is 1.17. The van der Waals surface area contributed by atoms with Gasteiger partial charge >= 0.3 is 0 Å². The molecule has 0 spiro atoms. The van der Waals surface area contributed by atoms with E-state index in [1.165, 1.54) is 6.07 Å². The Labute approximate surface area is 72.6 Å². The summed E-state index contributed by atoms with van der Waals surface area (Å²) in [5.41, 5.74) is -0.166. The molecule has 0 radical (unpaired) electrons. The second kappa shape index (κ2) is 3.26. The van der Waals surface area contributed by atoms with Gasteiger partial charge in [0.05, 0.1) is 17.3 Å². The third-order valence-corrected chi connectivity index (χ3v) is 1.80. The summed E-state index contributed by atoms with van der Waals surface area (Å²) < 4.78 is 0. The van der Waals surface area contributed by atoms with Crippen LogP contribution in [0.1, 0.15) is 5.69 Å². The molecule has 0 amide bonds. The van der Waals surface area contributed by atoms with Crippen LogP contribution in [0.2, 0.25) is 10.0 Å². The minimum atomic E-state index is -0.444. The van der Waals surface area contributed by atoms with E-state index < -0.39 is 5.56 Å². The number of H-pyrrole nitrogens is 1. The first-order chi connectivity index (χ1) is 5.15. The molecule has 0 aliphatic rings. The summed E-state index contributed by atoms with van der Waals surface area (Å²) in [6.07, 6.45) is 0. The van der Waals surface area contributed by atoms with E-state index in [9.17, 15) is 4.79 Å². The molecule has 5 heteroatoms. The summed E-state index contributed by atoms with van der Waals surface area (Å²) in [7, 11) is 0. The number of pyridine rings is 1. The van der Waals surface area contributed by atoms with Crippen LogP contribution in [-0.2, 0) is 6.61 Å². The van der Waals surface area contributed by atoms with Crippen molar-refractivity contribution in [2.45, 2.75) is 6.61 Å². The lowest BCUT2D eigenvalue weighted by Gasteiger charge is -1.98. The molecule has 0 bridgehead atoms. The van der Waals surface area contributed by atoms with Crippen molar-refractivity contribution in [1.29, 1.82) is 0 Å². The Morgan fingerprint density at radius 2 is 2.09 bits per heavy atom. The second-order valence-corrected chi connectivity index (χ2v) is 2.75. The molecule has 0 aliphatic carbocycles. The largest absolute Gasteiger partial charge is 0.390 e. The molecular formula is C6H5Cl2NO2. The summed E-state index contributed by atoms with van der Waals surface area (Å²) in [6.45, 7) is -0.300. The zero-order valence-electron chi connectivity index (χ0n) is 5.40. The first-order valence-corrected chi connectivity index (χ1v) is 3.59. The molecule has 0 saturated heterocycles. The van der Waals surface area contributed by atoms with E-state index in [2.05, 4.69) is 4.98 Å². The van der Waals surface area contributed by atoms with E-state index in [1.54, 1.807) is 0 Å². The van der Waals surface area contributed by atoms with E-state index in [0.717, 1.165) is 0 Å². The Morgan fingerprint density at radius 3 is 2.64 bits per heavy atom. The lowest BCUT2D eigenvalue weighted by molar-refractivity contribution is 0.276. The highest BCUT2D eigenvalue weighted by Crippen LogP contribution is 2.14. The number of hydrogen-bond acceptors (Lipinski definition) is 2. The SMILES string of the molecule is O=c1[nH]c(CO)c(Cl)cc1Cl. The molecule has 1 heterocycles. The Bertz CT molecular complexity index is 321. The minimum absolute atomic E-state index is 0.0206. The highest BCUT2D eigenvalue weighted by molar-refractivity contribution is 6.34. The molecule has 0 aromatic carbocycles. The number of nitrogens with one attached hydrogen (secondary N) is 1. The minimum Gasteiger partial charge on any atom is -0.390 e. The van der Waals surface area contributed by atoms with Gasteiger partial charge in [0.25, 0.3) is 5.56 Å². The highest BCUT2D eigenvalue weighted by Gasteiger charge is 2.02. The van der Waals surface area contributed by atoms with Gasteiger partial charge in [-0.25, -0.2) is 0 Å². The Kier molecular flexibility index (Phi) is 2.54. The fourth-order valence-corrected chi connectivity index (χ4v) is 1.06. The standard InChI is InChI=1S/C6H5Cl2NO2/c7-3-1-4(8)6(11)9-5(3)2-10/h1,10H,2H2,(H,9,11). The molecular weight excluding hydrogens is 189 g/mol. The van der Waals surface area contributed by atoms with Crippen molar-refractivity contribution < 1.29 is 5.11 Å². The Balaban J connectivity index is 3.32. The van der Waals surface area contributed by atoms with Crippen molar-refractivity contribution in [3.8, 4) is 0 Å². The molecule has 0 fully saturated rings. The molecule has 60 valence electrons. The zero-order valence-corrected chi connectivity index (χ0v) is 6.91. The van der Waals surface area contributed by atoms with E-state index in [-0.39, 0.29) is 22.3 Å². The van der Waals surface area contributed by atoms with Gasteiger partial charge in [-0.1, -0.05) is 23.2 Å². The third-order valence-electron chi connectivity index (χ3n) is 1.18. The van der Waals surface area contributed by atoms with Crippen molar-refractivity contribution in [2.24, 2.45) is 0 Å². The molecule has 1 aromatic heterocycles. The monoisotopic (exact) mass is 193 g/mol. The molecule has 0 unspecified atom stereocenters. The average Bonchev–Trinajstić information content (AvgIpc) is 1.97. The van der Waals surface area contributed by atoms with Crippen LogP contribution in [-0.4, -0.2) is 10.1 Å². The third kappa shape index (κ3) is 1.74. The number of hydrogen-bond donors (Lipinski definition) is 2. The number of rotatable bonds is 1. The predicted molar refractivity (Wildman–Crippen MR) is 43.0 cm³/mol. The van der Waals surface area contributed by atoms with Gasteiger partial charge in [0.2, 0.25) is 0 Å². The molecule has 0 atom stereocenters. The van der Waals surface area contributed by atoms with Gasteiger partial charge in [0.15, 0.2) is 0 Å². The number of aliphatic hydroxyl groups excluding tert-OH is 1. The van der Waals surface area contributed by atoms with Crippen LogP contribution < -0.4 is 5.56 Å². The van der Waals surface area contributed by atoms with Gasteiger partial charge in [-0.3, -0.25) is 4.79 Å². The fourth-order valence-electron chi connectivity index (χ4n) is 0.635. The summed E-state index contributed by atoms with van der Waals surface area (Å²) >= 11 is 11.0. The maximum absolute atomic E-state index is 10.8. The van der Waals surface area contributed by atoms with Gasteiger partial charge in [-0.2, -0.15) is 0 Å². The highest BCUT2D eigenvalue weighted by atomic mass is 35.5. The number of aliphatic hydroxyl groups is 1. The summed E-state index contributed by atoms with van der Waals surface area (Å²) in [5.74, 6) is 0. The van der Waals surface area contributed by atoms with Gasteiger partial charge in [0.1, 0.15) is 5.02 Å². The molecule has 2 N–H and O–H groups in total. The van der Waals surface area contributed by atoms with E-state index in [0.29, 0.717) is 0 Å². The molecule has 11 heavy (non-hydrogen) atoms. The van der Waals surface area contributed by atoms with E-state index in [4.69, 9.17) is 28.3 Å². The summed E-state index contributed by atoms with van der Waals surface area (Å²) in [4.78, 5) is 13.1. The van der Waals surface area contributed by atoms with Crippen LogP contribution in [0.5, 0.6) is 0 Å². The molecule has 0 aliphatic heterocycles. The van der Waals surface area contributed by atoms with Crippen molar-refractivity contribution in [2.75, 3.05) is 0 Å². The quantitative estimate of drug-likeness (QED) is 0.704. The first kappa shape index (κ1) is 8.59. The van der Waals surface area contributed by atoms with Crippen LogP contribution in [0.3, 0.4) is 0 Å². The van der Waals surface area contributed by atoms with Crippen molar-refractivity contribution >= 4 is 23.2 Å². The van der Waals surface area contributed by atoms with Crippen LogP contribution in [0, 0.1) is 0 Å². The van der Waals surface area contributed by atoms with Gasteiger partial charge in [-0.05, 0) is 6.07 Å². The molecule has 3 nitrogen and oxygen atoms in total. The maximum Gasteiger partial charge on any atom is 0.267 e.